The highest BCUT2D eigenvalue weighted by Gasteiger charge is 2.36. The predicted molar refractivity (Wildman–Crippen MR) is 109 cm³/mol. The Morgan fingerprint density at radius 2 is 1.75 bits per heavy atom. The van der Waals surface area contributed by atoms with E-state index in [0.29, 0.717) is 12.3 Å². The maximum absolute atomic E-state index is 13.2. The Kier molecular flexibility index (Phi) is 6.96. The number of carbonyl (C=O) groups excluding carboxylic acids is 2. The molecule has 1 unspecified atom stereocenters. The number of rotatable bonds is 7. The lowest BCUT2D eigenvalue weighted by molar-refractivity contribution is -0.152. The second-order valence-corrected chi connectivity index (χ2v) is 7.64. The van der Waals surface area contributed by atoms with Crippen LogP contribution in [0.1, 0.15) is 55.5 Å². The quantitative estimate of drug-likeness (QED) is 0.519. The highest BCUT2D eigenvalue weighted by Crippen LogP contribution is 2.37. The minimum Gasteiger partial charge on any atom is -0.465 e. The number of hydrogen-bond acceptors (Lipinski definition) is 4. The molecular formula is C24H29NO3. The lowest BCUT2D eigenvalue weighted by Crippen LogP contribution is -2.35. The SMILES string of the molecule is CCOC(=O)C(Cc1cccc(C)n1)C(=O)[C@H]1CC[C@H](c2ccccc2)CC1. The van der Waals surface area contributed by atoms with E-state index >= 15 is 0 Å². The van der Waals surface area contributed by atoms with Crippen molar-refractivity contribution >= 4 is 11.8 Å². The van der Waals surface area contributed by atoms with Crippen molar-refractivity contribution in [2.24, 2.45) is 11.8 Å². The standard InChI is InChI=1S/C24H29NO3/c1-3-28-24(27)22(16-21-11-7-8-17(2)25-21)23(26)20-14-12-19(13-15-20)18-9-5-4-6-10-18/h4-11,19-20,22H,3,12-16H2,1-2H3/t19-,20-,22?. The third kappa shape index (κ3) is 5.06. The molecule has 4 nitrogen and oxygen atoms in total. The van der Waals surface area contributed by atoms with Gasteiger partial charge >= 0.3 is 5.97 Å². The van der Waals surface area contributed by atoms with E-state index in [0.717, 1.165) is 37.1 Å². The molecule has 1 aliphatic rings. The van der Waals surface area contributed by atoms with E-state index in [1.165, 1.54) is 5.56 Å². The largest absolute Gasteiger partial charge is 0.465 e. The van der Waals surface area contributed by atoms with Gasteiger partial charge in [-0.05, 0) is 63.1 Å². The number of ether oxygens (including phenoxy) is 1. The molecule has 0 bridgehead atoms. The van der Waals surface area contributed by atoms with Gasteiger partial charge in [-0.25, -0.2) is 0 Å². The molecule has 0 aliphatic heterocycles. The van der Waals surface area contributed by atoms with Crippen molar-refractivity contribution in [2.75, 3.05) is 6.61 Å². The summed E-state index contributed by atoms with van der Waals surface area (Å²) in [6, 6.07) is 16.2. The van der Waals surface area contributed by atoms with Gasteiger partial charge in [0.1, 0.15) is 5.92 Å². The normalized spacial score (nSPS) is 20.4. The van der Waals surface area contributed by atoms with E-state index in [1.807, 2.05) is 31.2 Å². The van der Waals surface area contributed by atoms with E-state index in [2.05, 4.69) is 29.2 Å². The summed E-state index contributed by atoms with van der Waals surface area (Å²) in [5, 5.41) is 0. The Hall–Kier alpha value is -2.49. The van der Waals surface area contributed by atoms with Crippen LogP contribution in [0.15, 0.2) is 48.5 Å². The molecule has 0 radical (unpaired) electrons. The molecule has 1 saturated carbocycles. The smallest absolute Gasteiger partial charge is 0.316 e. The first-order valence-corrected chi connectivity index (χ1v) is 10.3. The van der Waals surface area contributed by atoms with Gasteiger partial charge in [-0.1, -0.05) is 36.4 Å². The van der Waals surface area contributed by atoms with Crippen LogP contribution in [0.5, 0.6) is 0 Å². The van der Waals surface area contributed by atoms with Gasteiger partial charge in [-0.15, -0.1) is 0 Å². The minimum atomic E-state index is -0.757. The molecule has 28 heavy (non-hydrogen) atoms. The number of carbonyl (C=O) groups is 2. The maximum Gasteiger partial charge on any atom is 0.316 e. The molecule has 2 aromatic rings. The number of hydrogen-bond donors (Lipinski definition) is 0. The molecule has 1 heterocycles. The summed E-state index contributed by atoms with van der Waals surface area (Å²) in [7, 11) is 0. The molecule has 0 N–H and O–H groups in total. The number of nitrogens with zero attached hydrogens (tertiary/aromatic N) is 1. The number of esters is 1. The first kappa shape index (κ1) is 20.2. The fraction of sp³-hybridized carbons (Fsp3) is 0.458. The highest BCUT2D eigenvalue weighted by atomic mass is 16.5. The van der Waals surface area contributed by atoms with Crippen LogP contribution in [0.4, 0.5) is 0 Å². The van der Waals surface area contributed by atoms with Crippen molar-refractivity contribution in [3.05, 3.63) is 65.5 Å². The second-order valence-electron chi connectivity index (χ2n) is 7.64. The second kappa shape index (κ2) is 9.63. The zero-order chi connectivity index (χ0) is 19.9. The summed E-state index contributed by atoms with van der Waals surface area (Å²) in [5.74, 6) is -0.717. The lowest BCUT2D eigenvalue weighted by atomic mass is 9.74. The number of Topliss-reactive ketones (excluding diaryl/α,β-unsaturated/α-hetero) is 1. The van der Waals surface area contributed by atoms with Gasteiger partial charge in [0, 0.05) is 23.7 Å². The average Bonchev–Trinajstić information content (AvgIpc) is 2.72. The predicted octanol–water partition coefficient (Wildman–Crippen LogP) is 4.65. The molecule has 1 atom stereocenters. The van der Waals surface area contributed by atoms with Crippen molar-refractivity contribution in [3.8, 4) is 0 Å². The minimum absolute atomic E-state index is 0.0215. The molecule has 1 aromatic carbocycles. The fourth-order valence-electron chi connectivity index (χ4n) is 4.19. The van der Waals surface area contributed by atoms with Crippen LogP contribution in [-0.2, 0) is 20.7 Å². The Labute approximate surface area is 167 Å². The summed E-state index contributed by atoms with van der Waals surface area (Å²) in [4.78, 5) is 30.2. The van der Waals surface area contributed by atoms with Crippen LogP contribution < -0.4 is 0 Å². The maximum atomic E-state index is 13.2. The zero-order valence-electron chi connectivity index (χ0n) is 16.8. The van der Waals surface area contributed by atoms with Crippen molar-refractivity contribution < 1.29 is 14.3 Å². The van der Waals surface area contributed by atoms with Crippen LogP contribution in [0, 0.1) is 18.8 Å². The van der Waals surface area contributed by atoms with Crippen LogP contribution in [-0.4, -0.2) is 23.3 Å². The van der Waals surface area contributed by atoms with Crippen molar-refractivity contribution in [1.82, 2.24) is 4.98 Å². The van der Waals surface area contributed by atoms with Crippen LogP contribution >= 0.6 is 0 Å². The van der Waals surface area contributed by atoms with E-state index in [4.69, 9.17) is 4.74 Å². The molecule has 1 aliphatic carbocycles. The average molecular weight is 380 g/mol. The molecular weight excluding hydrogens is 350 g/mol. The molecule has 1 fully saturated rings. The zero-order valence-corrected chi connectivity index (χ0v) is 16.8. The number of ketones is 1. The van der Waals surface area contributed by atoms with Crippen molar-refractivity contribution in [2.45, 2.75) is 51.9 Å². The highest BCUT2D eigenvalue weighted by molar-refractivity contribution is 6.00. The molecule has 1 aromatic heterocycles. The third-order valence-electron chi connectivity index (χ3n) is 5.67. The fourth-order valence-corrected chi connectivity index (χ4v) is 4.19. The lowest BCUT2D eigenvalue weighted by Gasteiger charge is -2.29. The Morgan fingerprint density at radius 1 is 1.04 bits per heavy atom. The van der Waals surface area contributed by atoms with Gasteiger partial charge in [0.25, 0.3) is 0 Å². The number of aromatic nitrogens is 1. The monoisotopic (exact) mass is 379 g/mol. The Morgan fingerprint density at radius 3 is 2.39 bits per heavy atom. The van der Waals surface area contributed by atoms with Crippen molar-refractivity contribution in [1.29, 1.82) is 0 Å². The van der Waals surface area contributed by atoms with Gasteiger partial charge in [0.15, 0.2) is 5.78 Å². The van der Waals surface area contributed by atoms with Gasteiger partial charge in [0.05, 0.1) is 6.61 Å². The van der Waals surface area contributed by atoms with Gasteiger partial charge in [-0.2, -0.15) is 0 Å². The molecule has 0 saturated heterocycles. The molecule has 148 valence electrons. The van der Waals surface area contributed by atoms with Crippen LogP contribution in [0.25, 0.3) is 0 Å². The molecule has 3 rings (SSSR count). The number of pyridine rings is 1. The summed E-state index contributed by atoms with van der Waals surface area (Å²) in [6.45, 7) is 3.97. The topological polar surface area (TPSA) is 56.3 Å². The van der Waals surface area contributed by atoms with E-state index in [1.54, 1.807) is 6.92 Å². The number of aryl methyl sites for hydroxylation is 1. The van der Waals surface area contributed by atoms with Gasteiger partial charge < -0.3 is 4.74 Å². The van der Waals surface area contributed by atoms with Crippen LogP contribution in [0.2, 0.25) is 0 Å². The summed E-state index contributed by atoms with van der Waals surface area (Å²) < 4.78 is 5.22. The summed E-state index contributed by atoms with van der Waals surface area (Å²) in [6.07, 6.45) is 3.94. The number of benzene rings is 1. The first-order valence-electron chi connectivity index (χ1n) is 10.3. The van der Waals surface area contributed by atoms with Crippen LogP contribution in [0.3, 0.4) is 0 Å². The van der Waals surface area contributed by atoms with Gasteiger partial charge in [-0.3, -0.25) is 14.6 Å². The molecule has 0 amide bonds. The Balaban J connectivity index is 1.68. The molecule has 4 heteroatoms. The summed E-state index contributed by atoms with van der Waals surface area (Å²) in [5.41, 5.74) is 3.00. The van der Waals surface area contributed by atoms with Gasteiger partial charge in [0.2, 0.25) is 0 Å². The third-order valence-corrected chi connectivity index (χ3v) is 5.67. The van der Waals surface area contributed by atoms with Crippen molar-refractivity contribution in [3.63, 3.8) is 0 Å². The van der Waals surface area contributed by atoms with E-state index in [-0.39, 0.29) is 18.3 Å². The summed E-state index contributed by atoms with van der Waals surface area (Å²) >= 11 is 0. The van der Waals surface area contributed by atoms with E-state index in [9.17, 15) is 9.59 Å². The Bertz CT molecular complexity index is 795. The van der Waals surface area contributed by atoms with E-state index < -0.39 is 11.9 Å². The first-order chi connectivity index (χ1) is 13.6. The molecule has 0 spiro atoms.